The van der Waals surface area contributed by atoms with Crippen LogP contribution in [0.25, 0.3) is 62.6 Å². The van der Waals surface area contributed by atoms with Crippen molar-refractivity contribution in [2.75, 3.05) is 4.90 Å². The van der Waals surface area contributed by atoms with E-state index in [1.165, 1.54) is 42.4 Å². The molecule has 1 spiro atoms. The van der Waals surface area contributed by atoms with Gasteiger partial charge in [0.1, 0.15) is 5.75 Å². The molecule has 0 fully saturated rings. The van der Waals surface area contributed by atoms with Crippen LogP contribution in [0.3, 0.4) is 0 Å². The number of anilines is 3. The van der Waals surface area contributed by atoms with E-state index in [-0.39, 0.29) is 29.7 Å². The minimum absolute atomic E-state index is 0.195. The van der Waals surface area contributed by atoms with Gasteiger partial charge in [0, 0.05) is 62.8 Å². The van der Waals surface area contributed by atoms with Gasteiger partial charge in [0.25, 0.3) is 0 Å². The highest BCUT2D eigenvalue weighted by atomic mass is 32.1. The molecule has 3 heterocycles. The van der Waals surface area contributed by atoms with Gasteiger partial charge in [-0.05, 0) is 88.0 Å². The molecule has 0 bridgehead atoms. The Morgan fingerprint density at radius 1 is 0.458 bits per heavy atom. The molecule has 0 saturated carbocycles. The lowest BCUT2D eigenvalue weighted by molar-refractivity contribution is 0.437. The molecule has 0 unspecified atom stereocenters. The average molecular weight is 793 g/mol. The Morgan fingerprint density at radius 2 is 1.07 bits per heavy atom. The molecule has 1 aliphatic carbocycles. The fourth-order valence-corrected chi connectivity index (χ4v) is 12.1. The highest BCUT2D eigenvalue weighted by Gasteiger charge is 2.51. The van der Waals surface area contributed by atoms with Crippen LogP contribution in [-0.4, -0.2) is 0 Å². The molecule has 4 heteroatoms. The van der Waals surface area contributed by atoms with Crippen LogP contribution in [0.5, 0.6) is 11.5 Å². The van der Waals surface area contributed by atoms with Gasteiger partial charge >= 0.3 is 0 Å². The summed E-state index contributed by atoms with van der Waals surface area (Å²) < 4.78 is 54.9. The standard InChI is InChI=1S/C55H33NOS2/c1-2-14-34(15-3-1)37-19-12-27-51-53(37)42-32-35(29-31-50(42)58-51)56(36-28-30-41-40-18-6-11-26-49(40)59-52(41)33-36)47-24-13-23-46-54(47)57-48-25-10-9-22-45(48)55(46)43-20-7-4-16-38(43)39-17-5-8-21-44(39)55/h1-33H/i1D,2D,3D,14D,15D. The highest BCUT2D eigenvalue weighted by molar-refractivity contribution is 7.26. The third-order valence-corrected chi connectivity index (χ3v) is 14.5. The van der Waals surface area contributed by atoms with Crippen molar-refractivity contribution in [3.8, 4) is 33.8 Å². The van der Waals surface area contributed by atoms with E-state index in [1.54, 1.807) is 22.7 Å². The van der Waals surface area contributed by atoms with Crippen LogP contribution in [0.15, 0.2) is 200 Å². The molecule has 13 rings (SSSR count). The molecule has 0 saturated heterocycles. The topological polar surface area (TPSA) is 12.5 Å². The Bertz CT molecular complexity index is 3740. The third kappa shape index (κ3) is 4.61. The maximum absolute atomic E-state index is 8.96. The maximum Gasteiger partial charge on any atom is 0.156 e. The fourth-order valence-electron chi connectivity index (χ4n) is 9.87. The summed E-state index contributed by atoms with van der Waals surface area (Å²) in [6.07, 6.45) is 0. The lowest BCUT2D eigenvalue weighted by Gasteiger charge is -2.41. The van der Waals surface area contributed by atoms with Gasteiger partial charge < -0.3 is 9.64 Å². The first-order valence-corrected chi connectivity index (χ1v) is 21.3. The van der Waals surface area contributed by atoms with E-state index in [0.717, 1.165) is 59.9 Å². The van der Waals surface area contributed by atoms with Gasteiger partial charge in [-0.3, -0.25) is 0 Å². The van der Waals surface area contributed by atoms with Crippen LogP contribution in [0.1, 0.15) is 29.1 Å². The van der Waals surface area contributed by atoms with Crippen LogP contribution < -0.4 is 9.64 Å². The zero-order valence-electron chi connectivity index (χ0n) is 36.3. The number of benzene rings is 9. The van der Waals surface area contributed by atoms with Crippen LogP contribution in [-0.2, 0) is 5.41 Å². The molecular weight excluding hydrogens is 755 g/mol. The molecule has 11 aromatic rings. The number of para-hydroxylation sites is 2. The predicted octanol–water partition coefficient (Wildman–Crippen LogP) is 16.0. The van der Waals surface area contributed by atoms with Gasteiger partial charge in [0.05, 0.1) is 18.0 Å². The van der Waals surface area contributed by atoms with E-state index in [9.17, 15) is 0 Å². The van der Waals surface area contributed by atoms with Crippen LogP contribution in [0, 0.1) is 0 Å². The molecule has 2 nitrogen and oxygen atoms in total. The summed E-state index contributed by atoms with van der Waals surface area (Å²) in [5.41, 5.74) is 9.88. The largest absolute Gasteiger partial charge is 0.454 e. The van der Waals surface area contributed by atoms with Gasteiger partial charge in [-0.15, -0.1) is 22.7 Å². The Hall–Kier alpha value is -6.98. The molecule has 0 radical (unpaired) electrons. The Labute approximate surface area is 356 Å². The number of hydrogen-bond donors (Lipinski definition) is 0. The van der Waals surface area contributed by atoms with Crippen LogP contribution in [0.2, 0.25) is 0 Å². The molecule has 0 atom stereocenters. The summed E-state index contributed by atoms with van der Waals surface area (Å²) in [6.45, 7) is 0. The van der Waals surface area contributed by atoms with E-state index in [1.807, 2.05) is 24.3 Å². The van der Waals surface area contributed by atoms with Gasteiger partial charge in [-0.25, -0.2) is 0 Å². The zero-order chi connectivity index (χ0) is 43.0. The van der Waals surface area contributed by atoms with Gasteiger partial charge in [0.2, 0.25) is 0 Å². The van der Waals surface area contributed by atoms with Crippen molar-refractivity contribution in [2.45, 2.75) is 5.41 Å². The highest BCUT2D eigenvalue weighted by Crippen LogP contribution is 2.64. The number of rotatable bonds is 4. The summed E-state index contributed by atoms with van der Waals surface area (Å²) in [5, 5.41) is 4.20. The summed E-state index contributed by atoms with van der Waals surface area (Å²) >= 11 is 3.41. The number of thiophene rings is 2. The number of nitrogens with zero attached hydrogens (tertiary/aromatic N) is 1. The van der Waals surface area contributed by atoms with Crippen molar-refractivity contribution in [1.29, 1.82) is 0 Å². The predicted molar refractivity (Wildman–Crippen MR) is 250 cm³/mol. The van der Waals surface area contributed by atoms with Gasteiger partial charge in [-0.2, -0.15) is 0 Å². The minimum Gasteiger partial charge on any atom is -0.454 e. The zero-order valence-corrected chi connectivity index (χ0v) is 33.0. The first-order chi connectivity index (χ1) is 31.3. The second-order valence-corrected chi connectivity index (χ2v) is 17.3. The van der Waals surface area contributed by atoms with Crippen molar-refractivity contribution in [3.05, 3.63) is 222 Å². The monoisotopic (exact) mass is 792 g/mol. The average Bonchev–Trinajstić information content (AvgIpc) is 3.99. The quantitative estimate of drug-likeness (QED) is 0.176. The summed E-state index contributed by atoms with van der Waals surface area (Å²) in [6, 6.07) is 58.5. The van der Waals surface area contributed by atoms with E-state index in [4.69, 9.17) is 11.6 Å². The SMILES string of the molecule is [2H]c1c([2H])c([2H])c(-c2cccc3sc4ccc(N(c5ccc6c(c5)sc5ccccc56)c5cccc6c5Oc5ccccc5C65c6ccccc6-c6ccccc65)cc4c23)c([2H])c1[2H]. The molecule has 0 N–H and O–H groups in total. The van der Waals surface area contributed by atoms with Crippen LogP contribution in [0.4, 0.5) is 17.1 Å². The molecular formula is C55H33NOS2. The molecule has 2 aromatic heterocycles. The van der Waals surface area contributed by atoms with Gasteiger partial charge in [0.15, 0.2) is 5.75 Å². The first kappa shape index (κ1) is 28.4. The lowest BCUT2D eigenvalue weighted by Crippen LogP contribution is -2.32. The van der Waals surface area contributed by atoms with Crippen molar-refractivity contribution in [3.63, 3.8) is 0 Å². The second-order valence-electron chi connectivity index (χ2n) is 15.2. The minimum atomic E-state index is -0.652. The van der Waals surface area contributed by atoms with E-state index in [0.29, 0.717) is 5.56 Å². The van der Waals surface area contributed by atoms with Crippen LogP contribution >= 0.6 is 22.7 Å². The number of ether oxygens (including phenoxy) is 1. The number of hydrogen-bond acceptors (Lipinski definition) is 4. The Balaban J connectivity index is 1.11. The summed E-state index contributed by atoms with van der Waals surface area (Å²) in [7, 11) is 0. The van der Waals surface area contributed by atoms with E-state index in [2.05, 4.69) is 150 Å². The van der Waals surface area contributed by atoms with Crippen molar-refractivity contribution < 1.29 is 11.6 Å². The normalized spacial score (nSPS) is 14.5. The smallest absolute Gasteiger partial charge is 0.156 e. The lowest BCUT2D eigenvalue weighted by atomic mass is 9.66. The van der Waals surface area contributed by atoms with E-state index < -0.39 is 11.5 Å². The first-order valence-electron chi connectivity index (χ1n) is 22.2. The molecule has 1 aliphatic heterocycles. The van der Waals surface area contributed by atoms with Crippen molar-refractivity contribution in [1.82, 2.24) is 0 Å². The fraction of sp³-hybridized carbons (Fsp3) is 0.0182. The Morgan fingerprint density at radius 3 is 1.92 bits per heavy atom. The van der Waals surface area contributed by atoms with Gasteiger partial charge in [-0.1, -0.05) is 145 Å². The molecule has 9 aromatic carbocycles. The summed E-state index contributed by atoms with van der Waals surface area (Å²) in [5.74, 6) is 1.57. The molecule has 2 aliphatic rings. The number of fused-ring (bicyclic) bond motifs is 15. The molecule has 0 amide bonds. The van der Waals surface area contributed by atoms with E-state index >= 15 is 0 Å². The Kier molecular flexibility index (Phi) is 6.03. The van der Waals surface area contributed by atoms with Crippen molar-refractivity contribution >= 4 is 80.1 Å². The maximum atomic E-state index is 8.96. The van der Waals surface area contributed by atoms with Crippen molar-refractivity contribution in [2.24, 2.45) is 0 Å². The second kappa shape index (κ2) is 12.5. The molecule has 276 valence electrons. The third-order valence-electron chi connectivity index (χ3n) is 12.2. The molecule has 59 heavy (non-hydrogen) atoms. The summed E-state index contributed by atoms with van der Waals surface area (Å²) in [4.78, 5) is 2.30.